The molecule has 0 atom stereocenters. The molecule has 3 nitrogen and oxygen atoms in total. The molecule has 0 saturated carbocycles. The molecule has 3 heteroatoms. The Morgan fingerprint density at radius 1 is 0.889 bits per heavy atom. The van der Waals surface area contributed by atoms with E-state index in [4.69, 9.17) is 5.11 Å². The molecule has 0 aliphatic carbocycles. The summed E-state index contributed by atoms with van der Waals surface area (Å²) >= 11 is 0. The average Bonchev–Trinajstić information content (AvgIpc) is 2.37. The molecule has 0 aliphatic rings. The van der Waals surface area contributed by atoms with Crippen molar-refractivity contribution in [1.82, 2.24) is 0 Å². The Balaban J connectivity index is 2.24. The van der Waals surface area contributed by atoms with Gasteiger partial charge in [-0.25, -0.2) is 4.79 Å². The Labute approximate surface area is 103 Å². The van der Waals surface area contributed by atoms with Crippen molar-refractivity contribution in [2.24, 2.45) is 0 Å². The second-order valence-corrected chi connectivity index (χ2v) is 4.04. The first-order valence-electron chi connectivity index (χ1n) is 5.56. The first kappa shape index (κ1) is 10.6. The third-order valence-electron chi connectivity index (χ3n) is 2.92. The monoisotopic (exact) mass is 238 g/mol. The number of rotatable bonds is 1. The first-order chi connectivity index (χ1) is 8.74. The summed E-state index contributed by atoms with van der Waals surface area (Å²) in [5.41, 5.74) is 0. The molecule has 0 saturated heterocycles. The normalized spacial score (nSPS) is 10.7. The van der Waals surface area contributed by atoms with Gasteiger partial charge in [-0.1, -0.05) is 42.5 Å². The summed E-state index contributed by atoms with van der Waals surface area (Å²) in [7, 11) is 0. The minimum atomic E-state index is -1.30. The molecular formula is C15H10O3. The van der Waals surface area contributed by atoms with Crippen LogP contribution in [0.2, 0.25) is 0 Å². The van der Waals surface area contributed by atoms with Crippen LogP contribution in [0.1, 0.15) is 0 Å². The lowest BCUT2D eigenvalue weighted by molar-refractivity contribution is 0.144. The van der Waals surface area contributed by atoms with Crippen LogP contribution < -0.4 is 4.74 Å². The Morgan fingerprint density at radius 2 is 1.61 bits per heavy atom. The van der Waals surface area contributed by atoms with Gasteiger partial charge >= 0.3 is 6.16 Å². The zero-order valence-electron chi connectivity index (χ0n) is 9.46. The summed E-state index contributed by atoms with van der Waals surface area (Å²) in [5.74, 6) is 0.338. The van der Waals surface area contributed by atoms with Crippen molar-refractivity contribution in [1.29, 1.82) is 0 Å². The summed E-state index contributed by atoms with van der Waals surface area (Å²) in [5, 5.41) is 13.0. The molecule has 0 radical (unpaired) electrons. The van der Waals surface area contributed by atoms with Gasteiger partial charge in [0.2, 0.25) is 0 Å². The van der Waals surface area contributed by atoms with Crippen LogP contribution in [-0.4, -0.2) is 11.3 Å². The van der Waals surface area contributed by atoms with E-state index in [-0.39, 0.29) is 0 Å². The summed E-state index contributed by atoms with van der Waals surface area (Å²) in [4.78, 5) is 10.5. The van der Waals surface area contributed by atoms with Gasteiger partial charge in [0, 0.05) is 0 Å². The zero-order chi connectivity index (χ0) is 12.5. The summed E-state index contributed by atoms with van der Waals surface area (Å²) in [6.07, 6.45) is -1.30. The molecule has 0 fully saturated rings. The number of fused-ring (bicyclic) bond motifs is 3. The Kier molecular flexibility index (Phi) is 2.38. The van der Waals surface area contributed by atoms with E-state index >= 15 is 0 Å². The van der Waals surface area contributed by atoms with Crippen molar-refractivity contribution in [3.05, 3.63) is 54.6 Å². The van der Waals surface area contributed by atoms with Gasteiger partial charge in [0.05, 0.1) is 0 Å². The van der Waals surface area contributed by atoms with Crippen molar-refractivity contribution < 1.29 is 14.6 Å². The summed E-state index contributed by atoms with van der Waals surface area (Å²) in [6, 6.07) is 17.4. The van der Waals surface area contributed by atoms with E-state index in [1.54, 1.807) is 12.1 Å². The summed E-state index contributed by atoms with van der Waals surface area (Å²) < 4.78 is 4.65. The number of carboxylic acid groups (broad SMARTS) is 1. The van der Waals surface area contributed by atoms with Crippen molar-refractivity contribution in [3.8, 4) is 5.75 Å². The maximum Gasteiger partial charge on any atom is 0.511 e. The van der Waals surface area contributed by atoms with Crippen LogP contribution in [0.4, 0.5) is 4.79 Å². The first-order valence-corrected chi connectivity index (χ1v) is 5.56. The molecule has 3 aromatic rings. The second-order valence-electron chi connectivity index (χ2n) is 4.04. The highest BCUT2D eigenvalue weighted by Crippen LogP contribution is 2.28. The van der Waals surface area contributed by atoms with E-state index in [1.807, 2.05) is 30.3 Å². The molecule has 18 heavy (non-hydrogen) atoms. The van der Waals surface area contributed by atoms with Gasteiger partial charge in [0.25, 0.3) is 0 Å². The maximum absolute atomic E-state index is 10.5. The molecule has 0 spiro atoms. The Bertz CT molecular complexity index is 747. The van der Waals surface area contributed by atoms with E-state index in [1.165, 1.54) is 0 Å². The molecule has 0 aliphatic heterocycles. The van der Waals surface area contributed by atoms with Crippen molar-refractivity contribution in [2.75, 3.05) is 0 Å². The van der Waals surface area contributed by atoms with Crippen LogP contribution in [0.15, 0.2) is 54.6 Å². The lowest BCUT2D eigenvalue weighted by atomic mass is 10.0. The van der Waals surface area contributed by atoms with Crippen LogP contribution in [-0.2, 0) is 0 Å². The van der Waals surface area contributed by atoms with E-state index in [2.05, 4.69) is 16.9 Å². The predicted octanol–water partition coefficient (Wildman–Crippen LogP) is 4.05. The Morgan fingerprint density at radius 3 is 2.44 bits per heavy atom. The number of carbonyl (C=O) groups is 1. The molecule has 0 aromatic heterocycles. The number of hydrogen-bond acceptors (Lipinski definition) is 2. The predicted molar refractivity (Wildman–Crippen MR) is 70.1 cm³/mol. The van der Waals surface area contributed by atoms with Gasteiger partial charge in [0.1, 0.15) is 5.75 Å². The van der Waals surface area contributed by atoms with Crippen LogP contribution >= 0.6 is 0 Å². The van der Waals surface area contributed by atoms with E-state index in [0.29, 0.717) is 5.75 Å². The van der Waals surface area contributed by atoms with Crippen LogP contribution in [0.3, 0.4) is 0 Å². The third-order valence-corrected chi connectivity index (χ3v) is 2.92. The maximum atomic E-state index is 10.5. The third kappa shape index (κ3) is 1.76. The zero-order valence-corrected chi connectivity index (χ0v) is 9.46. The average molecular weight is 238 g/mol. The van der Waals surface area contributed by atoms with Gasteiger partial charge in [-0.2, -0.15) is 0 Å². The number of benzene rings is 3. The van der Waals surface area contributed by atoms with E-state index in [0.717, 1.165) is 21.5 Å². The molecular weight excluding hydrogens is 228 g/mol. The molecule has 0 unspecified atom stereocenters. The number of hydrogen-bond donors (Lipinski definition) is 1. The highest BCUT2D eigenvalue weighted by molar-refractivity contribution is 6.07. The molecule has 3 rings (SSSR count). The van der Waals surface area contributed by atoms with Crippen molar-refractivity contribution in [2.45, 2.75) is 0 Å². The van der Waals surface area contributed by atoms with E-state index < -0.39 is 6.16 Å². The molecule has 0 amide bonds. The molecule has 1 N–H and O–H groups in total. The van der Waals surface area contributed by atoms with Crippen LogP contribution in [0, 0.1) is 0 Å². The standard InChI is InChI=1S/C15H10O3/c16-15(17)18-12-7-8-14-11(9-12)6-5-10-3-1-2-4-13(10)14/h1-9H,(H,16,17). The van der Waals surface area contributed by atoms with Crippen LogP contribution in [0.5, 0.6) is 5.75 Å². The molecule has 88 valence electrons. The van der Waals surface area contributed by atoms with Crippen LogP contribution in [0.25, 0.3) is 21.5 Å². The van der Waals surface area contributed by atoms with Gasteiger partial charge in [-0.15, -0.1) is 0 Å². The topological polar surface area (TPSA) is 46.5 Å². The SMILES string of the molecule is O=C(O)Oc1ccc2c(ccc3ccccc32)c1. The van der Waals surface area contributed by atoms with Gasteiger partial charge < -0.3 is 9.84 Å². The molecule has 0 bridgehead atoms. The lowest BCUT2D eigenvalue weighted by Gasteiger charge is -2.05. The van der Waals surface area contributed by atoms with Crippen molar-refractivity contribution >= 4 is 27.7 Å². The fourth-order valence-electron chi connectivity index (χ4n) is 2.16. The van der Waals surface area contributed by atoms with Crippen molar-refractivity contribution in [3.63, 3.8) is 0 Å². The molecule has 0 heterocycles. The second kappa shape index (κ2) is 4.04. The van der Waals surface area contributed by atoms with E-state index in [9.17, 15) is 4.79 Å². The summed E-state index contributed by atoms with van der Waals surface area (Å²) in [6.45, 7) is 0. The van der Waals surface area contributed by atoms with Gasteiger partial charge in [0.15, 0.2) is 0 Å². The highest BCUT2D eigenvalue weighted by atomic mass is 16.7. The molecule has 3 aromatic carbocycles. The Hall–Kier alpha value is -2.55. The largest absolute Gasteiger partial charge is 0.511 e. The fourth-order valence-corrected chi connectivity index (χ4v) is 2.16. The number of ether oxygens (including phenoxy) is 1. The lowest BCUT2D eigenvalue weighted by Crippen LogP contribution is -2.02. The van der Waals surface area contributed by atoms with Gasteiger partial charge in [-0.05, 0) is 33.7 Å². The fraction of sp³-hybridized carbons (Fsp3) is 0. The minimum Gasteiger partial charge on any atom is -0.449 e. The minimum absolute atomic E-state index is 0.338. The van der Waals surface area contributed by atoms with Gasteiger partial charge in [-0.3, -0.25) is 0 Å². The quantitative estimate of drug-likeness (QED) is 0.395. The smallest absolute Gasteiger partial charge is 0.449 e. The highest BCUT2D eigenvalue weighted by Gasteiger charge is 2.04.